The van der Waals surface area contributed by atoms with E-state index in [0.717, 1.165) is 30.6 Å². The summed E-state index contributed by atoms with van der Waals surface area (Å²) < 4.78 is 0. The number of nitrogen functional groups attached to an aromatic ring is 2. The summed E-state index contributed by atoms with van der Waals surface area (Å²) in [6, 6.07) is 14.3. The highest BCUT2D eigenvalue weighted by Gasteiger charge is 2.04. The third-order valence-electron chi connectivity index (χ3n) is 3.12. The van der Waals surface area contributed by atoms with Crippen LogP contribution in [-0.4, -0.2) is 0 Å². The zero-order valence-corrected chi connectivity index (χ0v) is 10.8. The number of aryl methyl sites for hydroxylation is 1. The highest BCUT2D eigenvalue weighted by Crippen LogP contribution is 2.19. The molecule has 0 radical (unpaired) electrons. The fraction of sp³-hybridized carbons (Fsp3) is 0.250. The minimum Gasteiger partial charge on any atom is -0.399 e. The van der Waals surface area contributed by atoms with Crippen LogP contribution in [0.3, 0.4) is 0 Å². The van der Waals surface area contributed by atoms with E-state index in [0.29, 0.717) is 0 Å². The van der Waals surface area contributed by atoms with Crippen molar-refractivity contribution >= 4 is 11.4 Å². The van der Waals surface area contributed by atoms with Crippen LogP contribution in [0.2, 0.25) is 0 Å². The fourth-order valence-electron chi connectivity index (χ4n) is 2.18. The summed E-state index contributed by atoms with van der Waals surface area (Å²) in [7, 11) is 0. The molecule has 2 aromatic rings. The quantitative estimate of drug-likeness (QED) is 0.805. The third kappa shape index (κ3) is 3.04. The predicted octanol–water partition coefficient (Wildman–Crippen LogP) is 3.39. The molecule has 0 atom stereocenters. The Hall–Kier alpha value is -1.96. The number of benzene rings is 2. The normalized spacial score (nSPS) is 10.5. The second-order valence-electron chi connectivity index (χ2n) is 4.70. The molecule has 0 unspecified atom stereocenters. The number of nitrogens with two attached hydrogens (primary N) is 2. The van der Waals surface area contributed by atoms with E-state index in [1.165, 1.54) is 16.7 Å². The van der Waals surface area contributed by atoms with Gasteiger partial charge in [0.25, 0.3) is 0 Å². The molecule has 0 aliphatic rings. The monoisotopic (exact) mass is 240 g/mol. The van der Waals surface area contributed by atoms with E-state index in [1.807, 2.05) is 18.2 Å². The number of anilines is 2. The van der Waals surface area contributed by atoms with Gasteiger partial charge in [-0.3, -0.25) is 0 Å². The topological polar surface area (TPSA) is 52.0 Å². The molecule has 0 aliphatic carbocycles. The molecule has 94 valence electrons. The highest BCUT2D eigenvalue weighted by molar-refractivity contribution is 5.47. The summed E-state index contributed by atoms with van der Waals surface area (Å²) >= 11 is 0. The summed E-state index contributed by atoms with van der Waals surface area (Å²) in [5, 5.41) is 0. The van der Waals surface area contributed by atoms with Gasteiger partial charge in [0.1, 0.15) is 0 Å². The summed E-state index contributed by atoms with van der Waals surface area (Å²) in [5.41, 5.74) is 17.2. The molecule has 0 saturated heterocycles. The highest BCUT2D eigenvalue weighted by atomic mass is 14.5. The van der Waals surface area contributed by atoms with Gasteiger partial charge in [-0.1, -0.05) is 31.5 Å². The number of hydrogen-bond donors (Lipinski definition) is 2. The Bertz CT molecular complexity index is 515. The molecule has 0 aromatic heterocycles. The van der Waals surface area contributed by atoms with Crippen molar-refractivity contribution in [1.82, 2.24) is 0 Å². The minimum atomic E-state index is 0.810. The molecule has 2 rings (SSSR count). The lowest BCUT2D eigenvalue weighted by Crippen LogP contribution is -1.98. The van der Waals surface area contributed by atoms with Crippen molar-refractivity contribution in [2.45, 2.75) is 26.2 Å². The largest absolute Gasteiger partial charge is 0.399 e. The lowest BCUT2D eigenvalue weighted by molar-refractivity contribution is 0.904. The van der Waals surface area contributed by atoms with Crippen LogP contribution in [-0.2, 0) is 12.8 Å². The van der Waals surface area contributed by atoms with Crippen molar-refractivity contribution < 1.29 is 0 Å². The molecule has 2 heteroatoms. The van der Waals surface area contributed by atoms with E-state index in [1.54, 1.807) is 0 Å². The van der Waals surface area contributed by atoms with E-state index >= 15 is 0 Å². The molecular formula is C16H20N2. The first-order chi connectivity index (χ1) is 8.69. The van der Waals surface area contributed by atoms with Crippen molar-refractivity contribution in [3.8, 4) is 0 Å². The van der Waals surface area contributed by atoms with Crippen molar-refractivity contribution in [2.24, 2.45) is 0 Å². The zero-order valence-electron chi connectivity index (χ0n) is 10.8. The van der Waals surface area contributed by atoms with Gasteiger partial charge >= 0.3 is 0 Å². The average Bonchev–Trinajstić information content (AvgIpc) is 2.36. The molecule has 0 saturated carbocycles. The van der Waals surface area contributed by atoms with Crippen molar-refractivity contribution in [3.05, 3.63) is 59.2 Å². The second-order valence-corrected chi connectivity index (χ2v) is 4.70. The fourth-order valence-corrected chi connectivity index (χ4v) is 2.18. The molecule has 0 spiro atoms. The Morgan fingerprint density at radius 2 is 1.50 bits per heavy atom. The summed E-state index contributed by atoms with van der Waals surface area (Å²) in [6.07, 6.45) is 3.16. The lowest BCUT2D eigenvalue weighted by atomic mass is 9.96. The molecule has 0 amide bonds. The van der Waals surface area contributed by atoms with Gasteiger partial charge in [0, 0.05) is 11.4 Å². The van der Waals surface area contributed by atoms with Gasteiger partial charge < -0.3 is 11.5 Å². The van der Waals surface area contributed by atoms with Gasteiger partial charge in [0.15, 0.2) is 0 Å². The first kappa shape index (κ1) is 12.5. The zero-order chi connectivity index (χ0) is 13.0. The van der Waals surface area contributed by atoms with Gasteiger partial charge in [-0.2, -0.15) is 0 Å². The molecular weight excluding hydrogens is 220 g/mol. The Morgan fingerprint density at radius 1 is 0.833 bits per heavy atom. The molecule has 0 heterocycles. The smallest absolute Gasteiger partial charge is 0.0316 e. The third-order valence-corrected chi connectivity index (χ3v) is 3.12. The van der Waals surface area contributed by atoms with Gasteiger partial charge in [0.2, 0.25) is 0 Å². The Morgan fingerprint density at radius 3 is 2.17 bits per heavy atom. The molecule has 0 aliphatic heterocycles. The summed E-state index contributed by atoms with van der Waals surface area (Å²) in [5.74, 6) is 0. The molecule has 0 bridgehead atoms. The van der Waals surface area contributed by atoms with Gasteiger partial charge in [-0.25, -0.2) is 0 Å². The van der Waals surface area contributed by atoms with E-state index in [4.69, 9.17) is 11.5 Å². The van der Waals surface area contributed by atoms with E-state index in [2.05, 4.69) is 31.2 Å². The van der Waals surface area contributed by atoms with Crippen LogP contribution in [0.5, 0.6) is 0 Å². The second kappa shape index (κ2) is 5.58. The van der Waals surface area contributed by atoms with Crippen LogP contribution >= 0.6 is 0 Å². The molecule has 4 N–H and O–H groups in total. The number of hydrogen-bond acceptors (Lipinski definition) is 2. The summed E-state index contributed by atoms with van der Waals surface area (Å²) in [4.78, 5) is 0. The maximum atomic E-state index is 5.85. The van der Waals surface area contributed by atoms with Crippen molar-refractivity contribution in [2.75, 3.05) is 11.5 Å². The van der Waals surface area contributed by atoms with Gasteiger partial charge in [-0.15, -0.1) is 0 Å². The molecule has 2 nitrogen and oxygen atoms in total. The minimum absolute atomic E-state index is 0.810. The Labute approximate surface area is 109 Å². The molecule has 2 aromatic carbocycles. The SMILES string of the molecule is CCCc1cc(N)ccc1Cc1ccc(N)cc1. The summed E-state index contributed by atoms with van der Waals surface area (Å²) in [6.45, 7) is 2.19. The Balaban J connectivity index is 2.25. The molecule has 0 fully saturated rings. The number of rotatable bonds is 4. The van der Waals surface area contributed by atoms with Crippen LogP contribution in [0, 0.1) is 0 Å². The standard InChI is InChI=1S/C16H20N2/c1-2-3-13-11-16(18)9-6-14(13)10-12-4-7-15(17)8-5-12/h4-9,11H,2-3,10,17-18H2,1H3. The van der Waals surface area contributed by atoms with Gasteiger partial charge in [-0.05, 0) is 53.8 Å². The van der Waals surface area contributed by atoms with Crippen LogP contribution in [0.25, 0.3) is 0 Å². The maximum absolute atomic E-state index is 5.85. The van der Waals surface area contributed by atoms with E-state index in [9.17, 15) is 0 Å². The van der Waals surface area contributed by atoms with E-state index in [-0.39, 0.29) is 0 Å². The van der Waals surface area contributed by atoms with Crippen LogP contribution < -0.4 is 11.5 Å². The van der Waals surface area contributed by atoms with E-state index < -0.39 is 0 Å². The van der Waals surface area contributed by atoms with Crippen molar-refractivity contribution in [1.29, 1.82) is 0 Å². The van der Waals surface area contributed by atoms with Crippen LogP contribution in [0.15, 0.2) is 42.5 Å². The predicted molar refractivity (Wildman–Crippen MR) is 78.5 cm³/mol. The first-order valence-electron chi connectivity index (χ1n) is 6.40. The maximum Gasteiger partial charge on any atom is 0.0316 e. The molecule has 18 heavy (non-hydrogen) atoms. The van der Waals surface area contributed by atoms with Gasteiger partial charge in [0.05, 0.1) is 0 Å². The van der Waals surface area contributed by atoms with Crippen LogP contribution in [0.1, 0.15) is 30.0 Å². The van der Waals surface area contributed by atoms with Crippen LogP contribution in [0.4, 0.5) is 11.4 Å². The Kier molecular flexibility index (Phi) is 3.88. The first-order valence-corrected chi connectivity index (χ1v) is 6.40. The lowest BCUT2D eigenvalue weighted by Gasteiger charge is -2.10. The average molecular weight is 240 g/mol. The van der Waals surface area contributed by atoms with Crippen molar-refractivity contribution in [3.63, 3.8) is 0 Å².